The van der Waals surface area contributed by atoms with Crippen molar-refractivity contribution < 1.29 is 0 Å². The van der Waals surface area contributed by atoms with Crippen molar-refractivity contribution in [3.8, 4) is 0 Å². The first-order valence-corrected chi connectivity index (χ1v) is 6.46. The van der Waals surface area contributed by atoms with Crippen LogP contribution >= 0.6 is 11.6 Å². The number of piperazine rings is 1. The third-order valence-electron chi connectivity index (χ3n) is 3.10. The summed E-state index contributed by atoms with van der Waals surface area (Å²) in [5.74, 6) is 0.615. The van der Waals surface area contributed by atoms with Gasteiger partial charge in [-0.2, -0.15) is 4.98 Å². The Hall–Kier alpha value is -1.11. The summed E-state index contributed by atoms with van der Waals surface area (Å²) in [4.78, 5) is 12.6. The smallest absolute Gasteiger partial charge is 0.224 e. The lowest BCUT2D eigenvalue weighted by Gasteiger charge is -2.32. The van der Waals surface area contributed by atoms with Crippen LogP contribution < -0.4 is 11.1 Å². The Morgan fingerprint density at radius 1 is 1.39 bits per heavy atom. The third kappa shape index (κ3) is 3.69. The molecule has 1 aliphatic rings. The number of hydrogen-bond acceptors (Lipinski definition) is 6. The average Bonchev–Trinajstić information content (AvgIpc) is 2.36. The number of halogens is 1. The van der Waals surface area contributed by atoms with Crippen LogP contribution in [0.25, 0.3) is 0 Å². The predicted molar refractivity (Wildman–Crippen MR) is 73.9 cm³/mol. The molecule has 7 heteroatoms. The fraction of sp³-hybridized carbons (Fsp3) is 0.636. The summed E-state index contributed by atoms with van der Waals surface area (Å²) >= 11 is 5.73. The molecule has 0 radical (unpaired) electrons. The first kappa shape index (κ1) is 13.3. The van der Waals surface area contributed by atoms with E-state index in [1.807, 2.05) is 0 Å². The van der Waals surface area contributed by atoms with E-state index in [2.05, 4.69) is 32.1 Å². The van der Waals surface area contributed by atoms with Gasteiger partial charge < -0.3 is 16.0 Å². The van der Waals surface area contributed by atoms with Crippen molar-refractivity contribution in [2.24, 2.45) is 0 Å². The average molecular weight is 271 g/mol. The van der Waals surface area contributed by atoms with Gasteiger partial charge in [0.2, 0.25) is 5.28 Å². The van der Waals surface area contributed by atoms with Crippen molar-refractivity contribution in [2.75, 3.05) is 57.4 Å². The van der Waals surface area contributed by atoms with Gasteiger partial charge in [0.25, 0.3) is 0 Å². The monoisotopic (exact) mass is 270 g/mol. The zero-order valence-corrected chi connectivity index (χ0v) is 11.3. The Bertz CT molecular complexity index is 391. The molecule has 1 aliphatic heterocycles. The molecule has 1 aromatic heterocycles. The van der Waals surface area contributed by atoms with Crippen LogP contribution in [-0.4, -0.2) is 66.1 Å². The van der Waals surface area contributed by atoms with Gasteiger partial charge in [0, 0.05) is 39.3 Å². The summed E-state index contributed by atoms with van der Waals surface area (Å²) < 4.78 is 0. The number of likely N-dealkylation sites (N-methyl/N-ethyl adjacent to an activating group) is 1. The minimum absolute atomic E-state index is 0.214. The number of hydrogen-bond donors (Lipinski definition) is 2. The maximum atomic E-state index is 5.76. The summed E-state index contributed by atoms with van der Waals surface area (Å²) in [5, 5.41) is 3.41. The Balaban J connectivity index is 1.76. The summed E-state index contributed by atoms with van der Waals surface area (Å²) in [6.45, 7) is 6.26. The molecule has 0 aliphatic carbocycles. The number of nitrogens with one attached hydrogen (secondary N) is 1. The number of aromatic nitrogens is 2. The number of rotatable bonds is 4. The molecule has 0 aromatic carbocycles. The maximum Gasteiger partial charge on any atom is 0.224 e. The molecule has 2 rings (SSSR count). The summed E-state index contributed by atoms with van der Waals surface area (Å²) in [5.41, 5.74) is 6.29. The lowest BCUT2D eigenvalue weighted by molar-refractivity contribution is 0.158. The fourth-order valence-electron chi connectivity index (χ4n) is 1.92. The van der Waals surface area contributed by atoms with E-state index < -0.39 is 0 Å². The fourth-order valence-corrected chi connectivity index (χ4v) is 2.05. The van der Waals surface area contributed by atoms with Gasteiger partial charge in [-0.1, -0.05) is 0 Å². The quantitative estimate of drug-likeness (QED) is 0.771. The zero-order chi connectivity index (χ0) is 13.0. The zero-order valence-electron chi connectivity index (χ0n) is 10.6. The van der Waals surface area contributed by atoms with Crippen molar-refractivity contribution in [1.29, 1.82) is 0 Å². The van der Waals surface area contributed by atoms with Crippen molar-refractivity contribution in [3.05, 3.63) is 11.5 Å². The predicted octanol–water partition coefficient (Wildman–Crippen LogP) is 0.371. The lowest BCUT2D eigenvalue weighted by atomic mass is 10.3. The molecular formula is C11H19ClN6. The standard InChI is InChI=1S/C11H19ClN6/c1-17-4-6-18(7-5-17)3-2-14-10-9(13)8-15-11(12)16-10/h8H,2-7,13H2,1H3,(H,14,15,16). The normalized spacial score (nSPS) is 17.9. The SMILES string of the molecule is CN1CCN(CCNc2nc(Cl)ncc2N)CC1. The maximum absolute atomic E-state index is 5.76. The van der Waals surface area contributed by atoms with Gasteiger partial charge in [0.1, 0.15) is 0 Å². The molecule has 6 nitrogen and oxygen atoms in total. The number of nitrogens with zero attached hydrogens (tertiary/aromatic N) is 4. The van der Waals surface area contributed by atoms with E-state index in [0.717, 1.165) is 39.3 Å². The van der Waals surface area contributed by atoms with Gasteiger partial charge in [-0.05, 0) is 18.6 Å². The van der Waals surface area contributed by atoms with Crippen LogP contribution in [-0.2, 0) is 0 Å². The second-order valence-electron chi connectivity index (χ2n) is 4.51. The molecule has 100 valence electrons. The minimum Gasteiger partial charge on any atom is -0.394 e. The second kappa shape index (κ2) is 6.17. The van der Waals surface area contributed by atoms with Crippen LogP contribution in [0.3, 0.4) is 0 Å². The Morgan fingerprint density at radius 2 is 2.11 bits per heavy atom. The molecule has 0 bridgehead atoms. The number of nitrogen functional groups attached to an aromatic ring is 1. The van der Waals surface area contributed by atoms with Gasteiger partial charge in [0.05, 0.1) is 11.9 Å². The first-order valence-electron chi connectivity index (χ1n) is 6.08. The molecular weight excluding hydrogens is 252 g/mol. The van der Waals surface area contributed by atoms with Gasteiger partial charge in [0.15, 0.2) is 5.82 Å². The van der Waals surface area contributed by atoms with E-state index in [4.69, 9.17) is 17.3 Å². The summed E-state index contributed by atoms with van der Waals surface area (Å²) in [6.07, 6.45) is 1.52. The second-order valence-corrected chi connectivity index (χ2v) is 4.85. The molecule has 0 amide bonds. The van der Waals surface area contributed by atoms with E-state index >= 15 is 0 Å². The minimum atomic E-state index is 0.214. The van der Waals surface area contributed by atoms with Crippen LogP contribution in [0, 0.1) is 0 Å². The summed E-state index contributed by atoms with van der Waals surface area (Å²) in [6, 6.07) is 0. The molecule has 0 saturated carbocycles. The van der Waals surface area contributed by atoms with E-state index in [9.17, 15) is 0 Å². The Kier molecular flexibility index (Phi) is 4.57. The number of anilines is 2. The van der Waals surface area contributed by atoms with Crippen LogP contribution in [0.5, 0.6) is 0 Å². The van der Waals surface area contributed by atoms with Gasteiger partial charge in [-0.25, -0.2) is 4.98 Å². The molecule has 18 heavy (non-hydrogen) atoms. The van der Waals surface area contributed by atoms with E-state index in [1.165, 1.54) is 6.20 Å². The van der Waals surface area contributed by atoms with Crippen molar-refractivity contribution in [1.82, 2.24) is 19.8 Å². The van der Waals surface area contributed by atoms with E-state index in [0.29, 0.717) is 11.5 Å². The topological polar surface area (TPSA) is 70.3 Å². The van der Waals surface area contributed by atoms with Crippen LogP contribution in [0.15, 0.2) is 6.20 Å². The Labute approximate surface area is 112 Å². The van der Waals surface area contributed by atoms with Crippen molar-refractivity contribution >= 4 is 23.1 Å². The van der Waals surface area contributed by atoms with Gasteiger partial charge in [-0.3, -0.25) is 4.90 Å². The highest BCUT2D eigenvalue weighted by Crippen LogP contribution is 2.15. The molecule has 2 heterocycles. The molecule has 1 fully saturated rings. The van der Waals surface area contributed by atoms with Crippen LogP contribution in [0.2, 0.25) is 5.28 Å². The molecule has 0 atom stereocenters. The largest absolute Gasteiger partial charge is 0.394 e. The van der Waals surface area contributed by atoms with Gasteiger partial charge in [-0.15, -0.1) is 0 Å². The molecule has 1 saturated heterocycles. The highest BCUT2D eigenvalue weighted by atomic mass is 35.5. The lowest BCUT2D eigenvalue weighted by Crippen LogP contribution is -2.45. The number of nitrogens with two attached hydrogens (primary N) is 1. The van der Waals surface area contributed by atoms with E-state index in [-0.39, 0.29) is 5.28 Å². The molecule has 3 N–H and O–H groups in total. The highest BCUT2D eigenvalue weighted by molar-refractivity contribution is 6.28. The third-order valence-corrected chi connectivity index (χ3v) is 3.29. The van der Waals surface area contributed by atoms with E-state index in [1.54, 1.807) is 0 Å². The van der Waals surface area contributed by atoms with Crippen LogP contribution in [0.1, 0.15) is 0 Å². The first-order chi connectivity index (χ1) is 8.65. The molecule has 0 spiro atoms. The molecule has 0 unspecified atom stereocenters. The van der Waals surface area contributed by atoms with Crippen LogP contribution in [0.4, 0.5) is 11.5 Å². The Morgan fingerprint density at radius 3 is 2.83 bits per heavy atom. The molecule has 1 aromatic rings. The van der Waals surface area contributed by atoms with Crippen molar-refractivity contribution in [3.63, 3.8) is 0 Å². The summed E-state index contributed by atoms with van der Waals surface area (Å²) in [7, 11) is 2.15. The van der Waals surface area contributed by atoms with Gasteiger partial charge >= 0.3 is 0 Å². The highest BCUT2D eigenvalue weighted by Gasteiger charge is 2.13. The van der Waals surface area contributed by atoms with Crippen molar-refractivity contribution in [2.45, 2.75) is 0 Å².